The maximum absolute atomic E-state index is 12.2. The van der Waals surface area contributed by atoms with E-state index in [4.69, 9.17) is 9.15 Å². The molecule has 3 rings (SSSR count). The fraction of sp³-hybridized carbons (Fsp3) is 0.111. The summed E-state index contributed by atoms with van der Waals surface area (Å²) in [5.74, 6) is 1.23. The molecule has 0 spiro atoms. The third-order valence-corrected chi connectivity index (χ3v) is 3.37. The zero-order valence-electron chi connectivity index (χ0n) is 13.2. The molecule has 0 saturated carbocycles. The van der Waals surface area contributed by atoms with Gasteiger partial charge in [0.25, 0.3) is 5.91 Å². The summed E-state index contributed by atoms with van der Waals surface area (Å²) in [6.07, 6.45) is 3.24. The van der Waals surface area contributed by atoms with Crippen LogP contribution in [0.5, 0.6) is 5.75 Å². The van der Waals surface area contributed by atoms with Crippen molar-refractivity contribution in [1.29, 1.82) is 0 Å². The molecular weight excluding hydrogens is 306 g/mol. The fourth-order valence-electron chi connectivity index (χ4n) is 2.13. The largest absolute Gasteiger partial charge is 0.497 e. The summed E-state index contributed by atoms with van der Waals surface area (Å²) in [5.41, 5.74) is 1.80. The molecule has 2 heterocycles. The van der Waals surface area contributed by atoms with E-state index in [2.05, 4.69) is 15.6 Å². The second-order valence-electron chi connectivity index (χ2n) is 5.05. The van der Waals surface area contributed by atoms with Gasteiger partial charge < -0.3 is 19.8 Å². The Morgan fingerprint density at radius 2 is 2.08 bits per heavy atom. The molecule has 0 aliphatic heterocycles. The smallest absolute Gasteiger partial charge is 0.274 e. The highest BCUT2D eigenvalue weighted by Crippen LogP contribution is 2.17. The van der Waals surface area contributed by atoms with Gasteiger partial charge in [-0.15, -0.1) is 0 Å². The second kappa shape index (κ2) is 7.32. The maximum atomic E-state index is 12.2. The minimum absolute atomic E-state index is 0.277. The Hall–Kier alpha value is -3.28. The highest BCUT2D eigenvalue weighted by molar-refractivity contribution is 6.03. The van der Waals surface area contributed by atoms with Gasteiger partial charge >= 0.3 is 0 Å². The summed E-state index contributed by atoms with van der Waals surface area (Å²) in [5, 5.41) is 5.96. The first-order valence-corrected chi connectivity index (χ1v) is 7.42. The lowest BCUT2D eigenvalue weighted by molar-refractivity contribution is 0.102. The summed E-state index contributed by atoms with van der Waals surface area (Å²) in [6, 6.07) is 14.3. The Labute approximate surface area is 139 Å². The number of benzene rings is 1. The number of pyridine rings is 1. The van der Waals surface area contributed by atoms with Gasteiger partial charge in [0.1, 0.15) is 17.2 Å². The average molecular weight is 323 g/mol. The molecule has 2 aromatic heterocycles. The lowest BCUT2D eigenvalue weighted by atomic mass is 10.2. The van der Waals surface area contributed by atoms with Gasteiger partial charge in [0.2, 0.25) is 0 Å². The van der Waals surface area contributed by atoms with Crippen molar-refractivity contribution >= 4 is 17.3 Å². The van der Waals surface area contributed by atoms with E-state index in [-0.39, 0.29) is 5.91 Å². The van der Waals surface area contributed by atoms with Gasteiger partial charge in [0, 0.05) is 11.8 Å². The molecule has 0 saturated heterocycles. The van der Waals surface area contributed by atoms with Crippen LogP contribution in [0.25, 0.3) is 0 Å². The number of furan rings is 1. The Morgan fingerprint density at radius 1 is 1.17 bits per heavy atom. The van der Waals surface area contributed by atoms with Crippen molar-refractivity contribution < 1.29 is 13.9 Å². The van der Waals surface area contributed by atoms with Crippen LogP contribution < -0.4 is 15.4 Å². The first kappa shape index (κ1) is 15.6. The van der Waals surface area contributed by atoms with E-state index in [1.54, 1.807) is 43.8 Å². The predicted molar refractivity (Wildman–Crippen MR) is 91.2 cm³/mol. The number of ether oxygens (including phenoxy) is 1. The number of nitrogens with zero attached hydrogens (tertiary/aromatic N) is 1. The number of hydrogen-bond donors (Lipinski definition) is 2. The number of hydrogen-bond acceptors (Lipinski definition) is 5. The Balaban J connectivity index is 1.60. The van der Waals surface area contributed by atoms with Gasteiger partial charge in [0.15, 0.2) is 0 Å². The minimum atomic E-state index is -0.277. The lowest BCUT2D eigenvalue weighted by Crippen LogP contribution is -2.13. The van der Waals surface area contributed by atoms with E-state index >= 15 is 0 Å². The van der Waals surface area contributed by atoms with Gasteiger partial charge in [-0.25, -0.2) is 4.98 Å². The molecule has 6 nitrogen and oxygen atoms in total. The van der Waals surface area contributed by atoms with Crippen molar-refractivity contribution in [3.05, 3.63) is 72.4 Å². The number of rotatable bonds is 6. The van der Waals surface area contributed by atoms with E-state index in [0.717, 1.165) is 11.4 Å². The average Bonchev–Trinajstić information content (AvgIpc) is 3.14. The molecule has 0 fully saturated rings. The summed E-state index contributed by atoms with van der Waals surface area (Å²) in [7, 11) is 1.58. The summed E-state index contributed by atoms with van der Waals surface area (Å²) in [6.45, 7) is 0.560. The van der Waals surface area contributed by atoms with Gasteiger partial charge in [-0.3, -0.25) is 4.79 Å². The minimum Gasteiger partial charge on any atom is -0.497 e. The van der Waals surface area contributed by atoms with Crippen molar-refractivity contribution in [1.82, 2.24) is 4.98 Å². The Bertz CT molecular complexity index is 799. The maximum Gasteiger partial charge on any atom is 0.274 e. The quantitative estimate of drug-likeness (QED) is 0.725. The third kappa shape index (κ3) is 3.92. The molecule has 0 aliphatic carbocycles. The van der Waals surface area contributed by atoms with Crippen molar-refractivity contribution in [2.45, 2.75) is 6.54 Å². The van der Waals surface area contributed by atoms with Crippen LogP contribution in [0, 0.1) is 0 Å². The van der Waals surface area contributed by atoms with Crippen LogP contribution in [0.2, 0.25) is 0 Å². The predicted octanol–water partition coefficient (Wildman–Crippen LogP) is 3.55. The van der Waals surface area contributed by atoms with E-state index in [9.17, 15) is 4.79 Å². The molecule has 122 valence electrons. The zero-order chi connectivity index (χ0) is 16.8. The molecule has 2 N–H and O–H groups in total. The number of aromatic nitrogens is 1. The standard InChI is InChI=1S/C18H17N3O3/c1-23-15-5-2-4-13(10-15)21-18(22)17-8-7-14(11-20-17)19-12-16-6-3-9-24-16/h2-11,19H,12H2,1H3,(H,21,22). The number of methoxy groups -OCH3 is 1. The van der Waals surface area contributed by atoms with Gasteiger partial charge in [-0.05, 0) is 36.4 Å². The monoisotopic (exact) mass is 323 g/mol. The fourth-order valence-corrected chi connectivity index (χ4v) is 2.13. The van der Waals surface area contributed by atoms with Crippen LogP contribution in [0.15, 0.2) is 65.4 Å². The van der Waals surface area contributed by atoms with E-state index < -0.39 is 0 Å². The zero-order valence-corrected chi connectivity index (χ0v) is 13.2. The van der Waals surface area contributed by atoms with Crippen molar-refractivity contribution in [2.75, 3.05) is 17.7 Å². The molecule has 0 unspecified atom stereocenters. The first-order chi connectivity index (χ1) is 11.7. The molecule has 3 aromatic rings. The van der Waals surface area contributed by atoms with Crippen LogP contribution in [0.4, 0.5) is 11.4 Å². The number of carbonyl (C=O) groups is 1. The summed E-state index contributed by atoms with van der Waals surface area (Å²) < 4.78 is 10.4. The molecule has 0 bridgehead atoms. The van der Waals surface area contributed by atoms with Gasteiger partial charge in [-0.2, -0.15) is 0 Å². The van der Waals surface area contributed by atoms with Crippen molar-refractivity contribution in [2.24, 2.45) is 0 Å². The van der Waals surface area contributed by atoms with Gasteiger partial charge in [-0.1, -0.05) is 6.07 Å². The van der Waals surface area contributed by atoms with Gasteiger partial charge in [0.05, 0.1) is 31.8 Å². The van der Waals surface area contributed by atoms with Crippen molar-refractivity contribution in [3.63, 3.8) is 0 Å². The molecular formula is C18H17N3O3. The summed E-state index contributed by atoms with van der Waals surface area (Å²) >= 11 is 0. The summed E-state index contributed by atoms with van der Waals surface area (Å²) in [4.78, 5) is 16.4. The number of anilines is 2. The molecule has 1 amide bonds. The highest BCUT2D eigenvalue weighted by atomic mass is 16.5. The number of nitrogens with one attached hydrogen (secondary N) is 2. The second-order valence-corrected chi connectivity index (χ2v) is 5.05. The third-order valence-electron chi connectivity index (χ3n) is 3.37. The normalized spacial score (nSPS) is 10.2. The topological polar surface area (TPSA) is 76.4 Å². The Kier molecular flexibility index (Phi) is 4.76. The molecule has 0 radical (unpaired) electrons. The van der Waals surface area contributed by atoms with Crippen molar-refractivity contribution in [3.8, 4) is 5.75 Å². The first-order valence-electron chi connectivity index (χ1n) is 7.42. The van der Waals surface area contributed by atoms with E-state index in [0.29, 0.717) is 23.7 Å². The number of carbonyl (C=O) groups excluding carboxylic acids is 1. The SMILES string of the molecule is COc1cccc(NC(=O)c2ccc(NCc3ccco3)cn2)c1. The van der Waals surface area contributed by atoms with Crippen LogP contribution >= 0.6 is 0 Å². The molecule has 6 heteroatoms. The van der Waals surface area contributed by atoms with E-state index in [1.165, 1.54) is 0 Å². The Morgan fingerprint density at radius 3 is 2.79 bits per heavy atom. The highest BCUT2D eigenvalue weighted by Gasteiger charge is 2.08. The van der Waals surface area contributed by atoms with Crippen LogP contribution in [0.3, 0.4) is 0 Å². The van der Waals surface area contributed by atoms with Crippen LogP contribution in [-0.4, -0.2) is 18.0 Å². The van der Waals surface area contributed by atoms with Crippen LogP contribution in [0.1, 0.15) is 16.2 Å². The van der Waals surface area contributed by atoms with Crippen LogP contribution in [-0.2, 0) is 6.54 Å². The molecule has 24 heavy (non-hydrogen) atoms. The molecule has 0 aliphatic rings. The number of amides is 1. The van der Waals surface area contributed by atoms with E-state index in [1.807, 2.05) is 24.3 Å². The molecule has 1 aromatic carbocycles. The lowest BCUT2D eigenvalue weighted by Gasteiger charge is -2.08. The molecule has 0 atom stereocenters.